The number of pyridine rings is 2. The molecule has 0 radical (unpaired) electrons. The molecule has 0 aliphatic rings. The van der Waals surface area contributed by atoms with E-state index in [9.17, 15) is 0 Å². The second-order valence-corrected chi connectivity index (χ2v) is 4.40. The highest BCUT2D eigenvalue weighted by Crippen LogP contribution is 2.21. The molecule has 5 heteroatoms. The average molecular weight is 273 g/mol. The number of hydrogen-bond acceptors (Lipinski definition) is 5. The van der Waals surface area contributed by atoms with E-state index >= 15 is 0 Å². The van der Waals surface area contributed by atoms with Crippen molar-refractivity contribution in [3.05, 3.63) is 47.4 Å². The van der Waals surface area contributed by atoms with Gasteiger partial charge in [0, 0.05) is 18.3 Å². The van der Waals surface area contributed by atoms with Crippen LogP contribution >= 0.6 is 0 Å². The summed E-state index contributed by atoms with van der Waals surface area (Å²) in [6.07, 6.45) is 2.39. The molecule has 2 N–H and O–H groups in total. The highest BCUT2D eigenvalue weighted by molar-refractivity contribution is 5.31. The molecule has 5 nitrogen and oxygen atoms in total. The maximum atomic E-state index is 5.84. The summed E-state index contributed by atoms with van der Waals surface area (Å²) in [5.41, 5.74) is 8.35. The van der Waals surface area contributed by atoms with Gasteiger partial charge in [-0.25, -0.2) is 4.98 Å². The van der Waals surface area contributed by atoms with E-state index in [1.54, 1.807) is 13.3 Å². The highest BCUT2D eigenvalue weighted by Gasteiger charge is 2.08. The predicted octanol–water partition coefficient (Wildman–Crippen LogP) is 1.87. The molecule has 20 heavy (non-hydrogen) atoms. The zero-order chi connectivity index (χ0) is 14.4. The number of methoxy groups -OCH3 is 1. The Labute approximate surface area is 118 Å². The Bertz CT molecular complexity index is 573. The standard InChI is InChI=1S/C15H19N3O2/c1-11-5-6-14(13(18-11)7-8-16)20-10-12-4-3-9-17-15(12)19-2/h3-6,9H,7-8,10,16H2,1-2H3. The van der Waals surface area contributed by atoms with Gasteiger partial charge in [0.1, 0.15) is 12.4 Å². The predicted molar refractivity (Wildman–Crippen MR) is 76.9 cm³/mol. The zero-order valence-corrected chi connectivity index (χ0v) is 11.8. The van der Waals surface area contributed by atoms with Crippen LogP contribution in [0.2, 0.25) is 0 Å². The number of nitrogens with two attached hydrogens (primary N) is 1. The Morgan fingerprint density at radius 3 is 2.85 bits per heavy atom. The maximum Gasteiger partial charge on any atom is 0.219 e. The normalized spacial score (nSPS) is 10.3. The molecule has 0 saturated heterocycles. The van der Waals surface area contributed by atoms with E-state index in [2.05, 4.69) is 9.97 Å². The second kappa shape index (κ2) is 6.86. The molecular weight excluding hydrogens is 254 g/mol. The van der Waals surface area contributed by atoms with Gasteiger partial charge in [-0.2, -0.15) is 0 Å². The fourth-order valence-corrected chi connectivity index (χ4v) is 1.92. The largest absolute Gasteiger partial charge is 0.487 e. The summed E-state index contributed by atoms with van der Waals surface area (Å²) in [5.74, 6) is 1.33. The molecule has 0 atom stereocenters. The lowest BCUT2D eigenvalue weighted by molar-refractivity contribution is 0.289. The second-order valence-electron chi connectivity index (χ2n) is 4.40. The van der Waals surface area contributed by atoms with Crippen molar-refractivity contribution in [2.24, 2.45) is 5.73 Å². The van der Waals surface area contributed by atoms with Gasteiger partial charge in [-0.15, -0.1) is 0 Å². The topological polar surface area (TPSA) is 70.3 Å². The Morgan fingerprint density at radius 2 is 2.10 bits per heavy atom. The summed E-state index contributed by atoms with van der Waals surface area (Å²) >= 11 is 0. The molecule has 2 rings (SSSR count). The van der Waals surface area contributed by atoms with Gasteiger partial charge >= 0.3 is 0 Å². The molecule has 2 heterocycles. The molecule has 0 aliphatic carbocycles. The van der Waals surface area contributed by atoms with E-state index in [0.29, 0.717) is 25.5 Å². The number of nitrogens with zero attached hydrogens (tertiary/aromatic N) is 2. The van der Waals surface area contributed by atoms with Crippen molar-refractivity contribution in [3.8, 4) is 11.6 Å². The Hall–Kier alpha value is -2.14. The quantitative estimate of drug-likeness (QED) is 0.870. The lowest BCUT2D eigenvalue weighted by Gasteiger charge is -2.12. The molecular formula is C15H19N3O2. The van der Waals surface area contributed by atoms with Crippen LogP contribution in [0.5, 0.6) is 11.6 Å². The van der Waals surface area contributed by atoms with E-state index < -0.39 is 0 Å². The van der Waals surface area contributed by atoms with Gasteiger partial charge in [0.25, 0.3) is 0 Å². The van der Waals surface area contributed by atoms with E-state index in [0.717, 1.165) is 22.7 Å². The Kier molecular flexibility index (Phi) is 4.90. The minimum Gasteiger partial charge on any atom is -0.487 e. The average Bonchev–Trinajstić information content (AvgIpc) is 2.47. The number of rotatable bonds is 6. The van der Waals surface area contributed by atoms with E-state index in [-0.39, 0.29) is 0 Å². The molecule has 0 spiro atoms. The summed E-state index contributed by atoms with van der Waals surface area (Å²) in [4.78, 5) is 8.61. The van der Waals surface area contributed by atoms with Crippen molar-refractivity contribution in [2.75, 3.05) is 13.7 Å². The van der Waals surface area contributed by atoms with Crippen LogP contribution in [0.4, 0.5) is 0 Å². The number of ether oxygens (including phenoxy) is 2. The van der Waals surface area contributed by atoms with E-state index in [1.807, 2.05) is 31.2 Å². The Balaban J connectivity index is 2.14. The SMILES string of the molecule is COc1ncccc1COc1ccc(C)nc1CCN. The van der Waals surface area contributed by atoms with Crippen molar-refractivity contribution in [1.82, 2.24) is 9.97 Å². The molecule has 0 fully saturated rings. The maximum absolute atomic E-state index is 5.84. The monoisotopic (exact) mass is 273 g/mol. The van der Waals surface area contributed by atoms with Crippen LogP contribution in [0.3, 0.4) is 0 Å². The van der Waals surface area contributed by atoms with Gasteiger partial charge < -0.3 is 15.2 Å². The van der Waals surface area contributed by atoms with Gasteiger partial charge in [0.05, 0.1) is 18.4 Å². The fraction of sp³-hybridized carbons (Fsp3) is 0.333. The molecule has 106 valence electrons. The molecule has 0 bridgehead atoms. The summed E-state index contributed by atoms with van der Waals surface area (Å²) in [6.45, 7) is 2.89. The first-order chi connectivity index (χ1) is 9.74. The molecule has 0 saturated carbocycles. The van der Waals surface area contributed by atoms with E-state index in [4.69, 9.17) is 15.2 Å². The minimum atomic E-state index is 0.388. The van der Waals surface area contributed by atoms with Crippen molar-refractivity contribution >= 4 is 0 Å². The van der Waals surface area contributed by atoms with Crippen LogP contribution in [0, 0.1) is 6.92 Å². The van der Waals surface area contributed by atoms with Crippen molar-refractivity contribution in [3.63, 3.8) is 0 Å². The van der Waals surface area contributed by atoms with Gasteiger partial charge in [-0.1, -0.05) is 0 Å². The van der Waals surface area contributed by atoms with Crippen LogP contribution in [0.15, 0.2) is 30.5 Å². The molecule has 0 unspecified atom stereocenters. The summed E-state index contributed by atoms with van der Waals surface area (Å²) in [6, 6.07) is 7.64. The zero-order valence-electron chi connectivity index (χ0n) is 11.8. The summed E-state index contributed by atoms with van der Waals surface area (Å²) < 4.78 is 11.0. The highest BCUT2D eigenvalue weighted by atomic mass is 16.5. The summed E-state index contributed by atoms with van der Waals surface area (Å²) in [5, 5.41) is 0. The van der Waals surface area contributed by atoms with Gasteiger partial charge in [-0.05, 0) is 37.7 Å². The van der Waals surface area contributed by atoms with Crippen LogP contribution in [-0.4, -0.2) is 23.6 Å². The third-order valence-electron chi connectivity index (χ3n) is 2.88. The van der Waals surface area contributed by atoms with Gasteiger partial charge in [0.2, 0.25) is 5.88 Å². The smallest absolute Gasteiger partial charge is 0.219 e. The van der Waals surface area contributed by atoms with Crippen LogP contribution in [0.1, 0.15) is 17.0 Å². The van der Waals surface area contributed by atoms with Crippen molar-refractivity contribution < 1.29 is 9.47 Å². The van der Waals surface area contributed by atoms with Crippen LogP contribution in [-0.2, 0) is 13.0 Å². The first-order valence-corrected chi connectivity index (χ1v) is 6.52. The molecule has 0 amide bonds. The summed E-state index contributed by atoms with van der Waals surface area (Å²) in [7, 11) is 1.60. The molecule has 0 aromatic carbocycles. The van der Waals surface area contributed by atoms with Gasteiger partial charge in [-0.3, -0.25) is 4.98 Å². The van der Waals surface area contributed by atoms with Crippen molar-refractivity contribution in [1.29, 1.82) is 0 Å². The third kappa shape index (κ3) is 3.45. The first kappa shape index (κ1) is 14.3. The first-order valence-electron chi connectivity index (χ1n) is 6.52. The van der Waals surface area contributed by atoms with Crippen LogP contribution in [0.25, 0.3) is 0 Å². The van der Waals surface area contributed by atoms with Gasteiger partial charge in [0.15, 0.2) is 0 Å². The lowest BCUT2D eigenvalue weighted by Crippen LogP contribution is -2.08. The number of aryl methyl sites for hydroxylation is 1. The van der Waals surface area contributed by atoms with Crippen LogP contribution < -0.4 is 15.2 Å². The minimum absolute atomic E-state index is 0.388. The molecule has 2 aromatic heterocycles. The fourth-order valence-electron chi connectivity index (χ4n) is 1.92. The lowest BCUT2D eigenvalue weighted by atomic mass is 10.2. The van der Waals surface area contributed by atoms with Crippen molar-refractivity contribution in [2.45, 2.75) is 20.0 Å². The van der Waals surface area contributed by atoms with E-state index in [1.165, 1.54) is 0 Å². The Morgan fingerprint density at radius 1 is 1.25 bits per heavy atom. The molecule has 0 aliphatic heterocycles. The molecule has 2 aromatic rings. The number of hydrogen-bond donors (Lipinski definition) is 1. The third-order valence-corrected chi connectivity index (χ3v) is 2.88. The number of aromatic nitrogens is 2.